The van der Waals surface area contributed by atoms with Gasteiger partial charge < -0.3 is 9.32 Å². The van der Waals surface area contributed by atoms with Crippen LogP contribution in [0, 0.1) is 0 Å². The lowest BCUT2D eigenvalue weighted by molar-refractivity contribution is 0.669. The molecule has 0 bridgehead atoms. The van der Waals surface area contributed by atoms with E-state index in [0.717, 1.165) is 50.1 Å². The number of fused-ring (bicyclic) bond motifs is 7. The SMILES string of the molecule is c1cc(-c2ccc3ccccc3c2)cc(N(c2ccc(-c3ccc4c(c3)oc3ccccc34)cc2)c2ccc(-c3ccc4c(c3)sc3ccccc34)cc2)c1. The molecule has 0 N–H and O–H groups in total. The minimum atomic E-state index is 0.904. The molecule has 0 spiro atoms. The van der Waals surface area contributed by atoms with E-state index >= 15 is 0 Å². The normalized spacial score (nSPS) is 11.6. The van der Waals surface area contributed by atoms with E-state index in [1.807, 2.05) is 23.5 Å². The Kier molecular flexibility index (Phi) is 7.39. The molecule has 0 atom stereocenters. The van der Waals surface area contributed by atoms with Crippen LogP contribution in [0.25, 0.3) is 86.3 Å². The Morgan fingerprint density at radius 1 is 0.309 bits per heavy atom. The fourth-order valence-corrected chi connectivity index (χ4v) is 9.20. The van der Waals surface area contributed by atoms with Crippen LogP contribution in [-0.2, 0) is 0 Å². The smallest absolute Gasteiger partial charge is 0.136 e. The van der Waals surface area contributed by atoms with Crippen molar-refractivity contribution in [2.45, 2.75) is 0 Å². The van der Waals surface area contributed by atoms with E-state index in [4.69, 9.17) is 4.42 Å². The van der Waals surface area contributed by atoms with E-state index in [0.29, 0.717) is 0 Å². The van der Waals surface area contributed by atoms with Gasteiger partial charge in [0, 0.05) is 48.0 Å². The van der Waals surface area contributed by atoms with Gasteiger partial charge in [-0.05, 0) is 117 Å². The molecule has 2 heterocycles. The first-order valence-corrected chi connectivity index (χ1v) is 19.5. The number of anilines is 3. The van der Waals surface area contributed by atoms with Crippen LogP contribution in [0.3, 0.4) is 0 Å². The number of furan rings is 1. The molecule has 0 aliphatic rings. The Labute approximate surface area is 322 Å². The predicted molar refractivity (Wildman–Crippen MR) is 235 cm³/mol. The van der Waals surface area contributed by atoms with E-state index in [2.05, 4.69) is 193 Å². The van der Waals surface area contributed by atoms with Gasteiger partial charge in [0.1, 0.15) is 11.2 Å². The Balaban J connectivity index is 0.984. The Hall–Kier alpha value is -6.94. The van der Waals surface area contributed by atoms with Crippen LogP contribution in [0.2, 0.25) is 0 Å². The molecule has 0 fully saturated rings. The summed E-state index contributed by atoms with van der Waals surface area (Å²) in [6.07, 6.45) is 0. The van der Waals surface area contributed by atoms with Gasteiger partial charge in [-0.1, -0.05) is 127 Å². The molecular weight excluding hydrogens is 687 g/mol. The zero-order chi connectivity index (χ0) is 36.3. The third-order valence-electron chi connectivity index (χ3n) is 10.9. The van der Waals surface area contributed by atoms with Crippen molar-refractivity contribution in [1.82, 2.24) is 0 Å². The summed E-state index contributed by atoms with van der Waals surface area (Å²) in [6, 6.07) is 72.3. The maximum Gasteiger partial charge on any atom is 0.136 e. The highest BCUT2D eigenvalue weighted by molar-refractivity contribution is 7.25. The largest absolute Gasteiger partial charge is 0.456 e. The third-order valence-corrected chi connectivity index (χ3v) is 12.0. The summed E-state index contributed by atoms with van der Waals surface area (Å²) in [5.74, 6) is 0. The molecule has 3 heteroatoms. The molecular formula is C52H33NOS. The summed E-state index contributed by atoms with van der Waals surface area (Å²) in [7, 11) is 0. The summed E-state index contributed by atoms with van der Waals surface area (Å²) >= 11 is 1.86. The highest BCUT2D eigenvalue weighted by Gasteiger charge is 2.16. The van der Waals surface area contributed by atoms with Gasteiger partial charge in [0.2, 0.25) is 0 Å². The van der Waals surface area contributed by atoms with Gasteiger partial charge in [-0.15, -0.1) is 11.3 Å². The lowest BCUT2D eigenvalue weighted by atomic mass is 10.00. The van der Waals surface area contributed by atoms with Gasteiger partial charge in [0.25, 0.3) is 0 Å². The average molecular weight is 720 g/mol. The van der Waals surface area contributed by atoms with Gasteiger partial charge in [-0.25, -0.2) is 0 Å². The Bertz CT molecular complexity index is 3050. The first kappa shape index (κ1) is 31.6. The molecule has 55 heavy (non-hydrogen) atoms. The minimum Gasteiger partial charge on any atom is -0.456 e. The average Bonchev–Trinajstić information content (AvgIpc) is 3.82. The predicted octanol–water partition coefficient (Wildman–Crippen LogP) is 15.6. The first-order chi connectivity index (χ1) is 27.2. The van der Waals surface area contributed by atoms with Crippen molar-refractivity contribution in [3.8, 4) is 33.4 Å². The molecule has 0 aliphatic heterocycles. The third kappa shape index (κ3) is 5.56. The van der Waals surface area contributed by atoms with E-state index in [-0.39, 0.29) is 0 Å². The van der Waals surface area contributed by atoms with Crippen molar-refractivity contribution in [3.63, 3.8) is 0 Å². The van der Waals surface area contributed by atoms with E-state index in [9.17, 15) is 0 Å². The van der Waals surface area contributed by atoms with Crippen molar-refractivity contribution in [3.05, 3.63) is 200 Å². The van der Waals surface area contributed by atoms with Crippen molar-refractivity contribution in [2.75, 3.05) is 4.90 Å². The second-order valence-electron chi connectivity index (χ2n) is 14.2. The number of nitrogens with zero attached hydrogens (tertiary/aromatic N) is 1. The van der Waals surface area contributed by atoms with Crippen molar-refractivity contribution < 1.29 is 4.42 Å². The van der Waals surface area contributed by atoms with E-state index in [1.54, 1.807) is 0 Å². The van der Waals surface area contributed by atoms with Crippen LogP contribution in [0.15, 0.2) is 205 Å². The highest BCUT2D eigenvalue weighted by atomic mass is 32.1. The van der Waals surface area contributed by atoms with Crippen LogP contribution in [0.5, 0.6) is 0 Å². The molecule has 0 unspecified atom stereocenters. The van der Waals surface area contributed by atoms with Crippen molar-refractivity contribution in [1.29, 1.82) is 0 Å². The van der Waals surface area contributed by atoms with Gasteiger partial charge in [0.05, 0.1) is 0 Å². The molecule has 11 rings (SSSR count). The zero-order valence-corrected chi connectivity index (χ0v) is 30.6. The highest BCUT2D eigenvalue weighted by Crippen LogP contribution is 2.41. The fraction of sp³-hybridized carbons (Fsp3) is 0. The molecule has 0 radical (unpaired) electrons. The van der Waals surface area contributed by atoms with Crippen LogP contribution in [-0.4, -0.2) is 0 Å². The lowest BCUT2D eigenvalue weighted by Crippen LogP contribution is -2.10. The number of para-hydroxylation sites is 1. The minimum absolute atomic E-state index is 0.904. The quantitative estimate of drug-likeness (QED) is 0.170. The molecule has 258 valence electrons. The van der Waals surface area contributed by atoms with Crippen molar-refractivity contribution in [2.24, 2.45) is 0 Å². The van der Waals surface area contributed by atoms with Gasteiger partial charge in [0.15, 0.2) is 0 Å². The van der Waals surface area contributed by atoms with Gasteiger partial charge >= 0.3 is 0 Å². The molecule has 0 aliphatic carbocycles. The zero-order valence-electron chi connectivity index (χ0n) is 29.8. The summed E-state index contributed by atoms with van der Waals surface area (Å²) in [6.45, 7) is 0. The molecule has 0 saturated carbocycles. The lowest BCUT2D eigenvalue weighted by Gasteiger charge is -2.26. The number of thiophene rings is 1. The maximum atomic E-state index is 6.23. The Morgan fingerprint density at radius 3 is 1.67 bits per heavy atom. The first-order valence-electron chi connectivity index (χ1n) is 18.6. The van der Waals surface area contributed by atoms with E-state index < -0.39 is 0 Å². The number of hydrogen-bond donors (Lipinski definition) is 0. The van der Waals surface area contributed by atoms with Gasteiger partial charge in [-0.3, -0.25) is 0 Å². The molecule has 2 aromatic heterocycles. The number of hydrogen-bond acceptors (Lipinski definition) is 3. The second-order valence-corrected chi connectivity index (χ2v) is 15.2. The summed E-state index contributed by atoms with van der Waals surface area (Å²) in [4.78, 5) is 2.36. The topological polar surface area (TPSA) is 16.4 Å². The number of benzene rings is 9. The maximum absolute atomic E-state index is 6.23. The molecule has 0 saturated heterocycles. The van der Waals surface area contributed by atoms with Crippen LogP contribution < -0.4 is 4.90 Å². The van der Waals surface area contributed by atoms with Gasteiger partial charge in [-0.2, -0.15) is 0 Å². The fourth-order valence-electron chi connectivity index (χ4n) is 8.06. The standard InChI is InChI=1S/C52H33NOS/c1-2-9-37-30-39(17-16-34(37)8-1)38-10-7-11-44(31-38)53(42-24-18-35(19-25-42)40-22-28-46-45-12-3-5-14-49(45)54-50(46)32-40)43-26-20-36(21-27-43)41-23-29-48-47-13-4-6-15-51(47)55-52(48)33-41/h1-33H. The summed E-state index contributed by atoms with van der Waals surface area (Å²) in [5.41, 5.74) is 12.2. The molecule has 0 amide bonds. The molecule has 2 nitrogen and oxygen atoms in total. The second kappa shape index (κ2) is 12.9. The molecule has 11 aromatic rings. The number of rotatable bonds is 6. The van der Waals surface area contributed by atoms with Crippen LogP contribution in [0.4, 0.5) is 17.1 Å². The van der Waals surface area contributed by atoms with Crippen LogP contribution in [0.1, 0.15) is 0 Å². The summed E-state index contributed by atoms with van der Waals surface area (Å²) in [5, 5.41) is 7.41. The molecule has 9 aromatic carbocycles. The summed E-state index contributed by atoms with van der Waals surface area (Å²) < 4.78 is 8.87. The monoisotopic (exact) mass is 719 g/mol. The van der Waals surface area contributed by atoms with E-state index in [1.165, 1.54) is 53.2 Å². The Morgan fingerprint density at radius 2 is 0.873 bits per heavy atom. The van der Waals surface area contributed by atoms with Crippen LogP contribution >= 0.6 is 11.3 Å². The van der Waals surface area contributed by atoms with Crippen molar-refractivity contribution >= 4 is 81.3 Å².